The fourth-order valence-electron chi connectivity index (χ4n) is 2.90. The first kappa shape index (κ1) is 18.2. The van der Waals surface area contributed by atoms with E-state index < -0.39 is 11.9 Å². The number of nitrogens with zero attached hydrogens (tertiary/aromatic N) is 4. The van der Waals surface area contributed by atoms with Gasteiger partial charge in [-0.25, -0.2) is 4.98 Å². The highest BCUT2D eigenvalue weighted by Crippen LogP contribution is 2.30. The van der Waals surface area contributed by atoms with E-state index in [4.69, 9.17) is 4.74 Å². The molecule has 1 saturated heterocycles. The number of hydrogen-bond donors (Lipinski definition) is 0. The summed E-state index contributed by atoms with van der Waals surface area (Å²) < 4.78 is 45.1. The molecule has 0 amide bonds. The molecule has 2 aromatic heterocycles. The molecule has 0 bridgehead atoms. The number of halogens is 3. The van der Waals surface area contributed by atoms with E-state index in [0.717, 1.165) is 31.6 Å². The molecule has 9 heteroatoms. The van der Waals surface area contributed by atoms with Gasteiger partial charge in [-0.15, -0.1) is 0 Å². The number of aryl methyl sites for hydroxylation is 1. The lowest BCUT2D eigenvalue weighted by Crippen LogP contribution is -2.39. The average molecular weight is 368 g/mol. The Morgan fingerprint density at radius 1 is 1.31 bits per heavy atom. The van der Waals surface area contributed by atoms with E-state index in [9.17, 15) is 18.0 Å². The summed E-state index contributed by atoms with van der Waals surface area (Å²) >= 11 is 0. The second kappa shape index (κ2) is 7.35. The minimum atomic E-state index is -4.49. The largest absolute Gasteiger partial charge is 0.493 e. The third-order valence-corrected chi connectivity index (χ3v) is 4.31. The molecular weight excluding hydrogens is 349 g/mol. The Bertz CT molecular complexity index is 822. The number of pyridine rings is 1. The number of ether oxygens (including phenoxy) is 1. The second-order valence-corrected chi connectivity index (χ2v) is 6.34. The summed E-state index contributed by atoms with van der Waals surface area (Å²) in [6, 6.07) is 3.81. The maximum Gasteiger partial charge on any atom is 0.433 e. The summed E-state index contributed by atoms with van der Waals surface area (Å²) in [5.74, 6) is 0.898. The van der Waals surface area contributed by atoms with E-state index in [-0.39, 0.29) is 17.2 Å². The molecule has 1 aliphatic rings. The summed E-state index contributed by atoms with van der Waals surface area (Å²) in [7, 11) is 1.63. The number of alkyl halides is 3. The van der Waals surface area contributed by atoms with Gasteiger partial charge in [0, 0.05) is 44.4 Å². The summed E-state index contributed by atoms with van der Waals surface area (Å²) in [5, 5.41) is 0. The van der Waals surface area contributed by atoms with Crippen molar-refractivity contribution in [3.8, 4) is 5.75 Å². The van der Waals surface area contributed by atoms with Crippen LogP contribution in [0.4, 0.5) is 19.0 Å². The van der Waals surface area contributed by atoms with Crippen LogP contribution < -0.4 is 15.2 Å². The average Bonchev–Trinajstić information content (AvgIpc) is 2.62. The fourth-order valence-corrected chi connectivity index (χ4v) is 2.90. The molecule has 2 aromatic rings. The molecule has 0 radical (unpaired) electrons. The van der Waals surface area contributed by atoms with Crippen molar-refractivity contribution in [1.29, 1.82) is 0 Å². The van der Waals surface area contributed by atoms with Gasteiger partial charge in [-0.3, -0.25) is 9.78 Å². The fraction of sp³-hybridized carbons (Fsp3) is 0.471. The number of aromatic nitrogens is 3. The maximum absolute atomic E-state index is 12.7. The second-order valence-electron chi connectivity index (χ2n) is 6.34. The van der Waals surface area contributed by atoms with Crippen LogP contribution >= 0.6 is 0 Å². The zero-order valence-electron chi connectivity index (χ0n) is 14.2. The normalized spacial score (nSPS) is 18.0. The Morgan fingerprint density at radius 3 is 2.85 bits per heavy atom. The first-order valence-corrected chi connectivity index (χ1v) is 8.26. The molecule has 0 aliphatic carbocycles. The minimum Gasteiger partial charge on any atom is -0.493 e. The Morgan fingerprint density at radius 2 is 2.12 bits per heavy atom. The van der Waals surface area contributed by atoms with Gasteiger partial charge in [0.25, 0.3) is 5.56 Å². The molecule has 0 saturated carbocycles. The highest BCUT2D eigenvalue weighted by molar-refractivity contribution is 5.37. The van der Waals surface area contributed by atoms with Crippen LogP contribution in [0, 0.1) is 5.92 Å². The summed E-state index contributed by atoms with van der Waals surface area (Å²) in [6.07, 6.45) is -0.123. The third kappa shape index (κ3) is 4.33. The highest BCUT2D eigenvalue weighted by atomic mass is 19.4. The van der Waals surface area contributed by atoms with E-state index in [1.54, 1.807) is 7.05 Å². The van der Waals surface area contributed by atoms with Crippen LogP contribution in [0.25, 0.3) is 0 Å². The van der Waals surface area contributed by atoms with Crippen LogP contribution in [-0.4, -0.2) is 34.2 Å². The van der Waals surface area contributed by atoms with Crippen LogP contribution in [0.2, 0.25) is 0 Å². The number of rotatable bonds is 4. The van der Waals surface area contributed by atoms with E-state index in [1.807, 2.05) is 4.90 Å². The van der Waals surface area contributed by atoms with Crippen molar-refractivity contribution < 1.29 is 17.9 Å². The van der Waals surface area contributed by atoms with Crippen molar-refractivity contribution in [2.75, 3.05) is 24.6 Å². The Kier molecular flexibility index (Phi) is 5.15. The van der Waals surface area contributed by atoms with Crippen molar-refractivity contribution in [2.45, 2.75) is 19.0 Å². The molecule has 1 fully saturated rings. The van der Waals surface area contributed by atoms with Crippen LogP contribution in [-0.2, 0) is 13.2 Å². The van der Waals surface area contributed by atoms with Gasteiger partial charge in [-0.05, 0) is 18.9 Å². The van der Waals surface area contributed by atoms with Gasteiger partial charge in [0.2, 0.25) is 0 Å². The standard InChI is InChI=1S/C17H19F3N4O2/c1-23-11-22-15(8-16(23)25)24-6-2-3-12(9-24)10-26-13-4-5-21-14(7-13)17(18,19)20/h4-5,7-8,11-12H,2-3,6,9-10H2,1H3. The molecule has 0 N–H and O–H groups in total. The van der Waals surface area contributed by atoms with Gasteiger partial charge in [0.1, 0.15) is 17.3 Å². The first-order valence-electron chi connectivity index (χ1n) is 8.26. The van der Waals surface area contributed by atoms with Crippen molar-refractivity contribution >= 4 is 5.82 Å². The number of hydrogen-bond acceptors (Lipinski definition) is 5. The van der Waals surface area contributed by atoms with Crippen LogP contribution in [0.5, 0.6) is 5.75 Å². The van der Waals surface area contributed by atoms with E-state index >= 15 is 0 Å². The summed E-state index contributed by atoms with van der Waals surface area (Å²) in [4.78, 5) is 21.4. The van der Waals surface area contributed by atoms with Gasteiger partial charge in [0.05, 0.1) is 12.9 Å². The Hall–Kier alpha value is -2.58. The number of piperidine rings is 1. The van der Waals surface area contributed by atoms with Gasteiger partial charge in [-0.2, -0.15) is 13.2 Å². The summed E-state index contributed by atoms with van der Waals surface area (Å²) in [5.41, 5.74) is -1.10. The molecule has 1 unspecified atom stereocenters. The molecule has 0 aromatic carbocycles. The van der Waals surface area contributed by atoms with Gasteiger partial charge in [0.15, 0.2) is 0 Å². The first-order chi connectivity index (χ1) is 12.3. The van der Waals surface area contributed by atoms with E-state index in [2.05, 4.69) is 9.97 Å². The monoisotopic (exact) mass is 368 g/mol. The molecule has 6 nitrogen and oxygen atoms in total. The van der Waals surface area contributed by atoms with Crippen LogP contribution in [0.1, 0.15) is 18.5 Å². The Balaban J connectivity index is 1.62. The molecule has 1 atom stereocenters. The predicted molar refractivity (Wildman–Crippen MR) is 89.1 cm³/mol. The van der Waals surface area contributed by atoms with Gasteiger partial charge >= 0.3 is 6.18 Å². The zero-order chi connectivity index (χ0) is 18.7. The molecule has 140 valence electrons. The smallest absolute Gasteiger partial charge is 0.433 e. The Labute approximate surface area is 148 Å². The lowest BCUT2D eigenvalue weighted by molar-refractivity contribution is -0.141. The topological polar surface area (TPSA) is 60.3 Å². The minimum absolute atomic E-state index is 0.134. The van der Waals surface area contributed by atoms with Crippen molar-refractivity contribution in [2.24, 2.45) is 13.0 Å². The predicted octanol–water partition coefficient (Wildman–Crippen LogP) is 2.49. The van der Waals surface area contributed by atoms with Crippen molar-refractivity contribution in [3.05, 3.63) is 46.8 Å². The van der Waals surface area contributed by atoms with Gasteiger partial charge in [-0.1, -0.05) is 0 Å². The zero-order valence-corrected chi connectivity index (χ0v) is 14.2. The molecule has 3 heterocycles. The SMILES string of the molecule is Cn1cnc(N2CCCC(COc3ccnc(C(F)(F)F)c3)C2)cc1=O. The van der Waals surface area contributed by atoms with Crippen molar-refractivity contribution in [3.63, 3.8) is 0 Å². The van der Waals surface area contributed by atoms with Gasteiger partial charge < -0.3 is 14.2 Å². The molecule has 26 heavy (non-hydrogen) atoms. The third-order valence-electron chi connectivity index (χ3n) is 4.31. The summed E-state index contributed by atoms with van der Waals surface area (Å²) in [6.45, 7) is 1.71. The lowest BCUT2D eigenvalue weighted by Gasteiger charge is -2.33. The molecular formula is C17H19F3N4O2. The lowest BCUT2D eigenvalue weighted by atomic mass is 9.99. The van der Waals surface area contributed by atoms with Crippen molar-refractivity contribution in [1.82, 2.24) is 14.5 Å². The highest BCUT2D eigenvalue weighted by Gasteiger charge is 2.32. The maximum atomic E-state index is 12.7. The van der Waals surface area contributed by atoms with E-state index in [0.29, 0.717) is 19.0 Å². The van der Waals surface area contributed by atoms with Crippen LogP contribution in [0.3, 0.4) is 0 Å². The quantitative estimate of drug-likeness (QED) is 0.830. The van der Waals surface area contributed by atoms with Crippen LogP contribution in [0.15, 0.2) is 35.5 Å². The van der Waals surface area contributed by atoms with E-state index in [1.165, 1.54) is 23.0 Å². The molecule has 1 aliphatic heterocycles. The molecule has 0 spiro atoms. The number of anilines is 1. The molecule has 3 rings (SSSR count).